The van der Waals surface area contributed by atoms with E-state index in [4.69, 9.17) is 0 Å². The topological polar surface area (TPSA) is 68.9 Å². The Bertz CT molecular complexity index is 321. The van der Waals surface area contributed by atoms with Gasteiger partial charge < -0.3 is 0 Å². The third kappa shape index (κ3) is 2.10. The average molecular weight is 193 g/mol. The van der Waals surface area contributed by atoms with Gasteiger partial charge in [0, 0.05) is 0 Å². The number of alkyl halides is 3. The molecule has 1 aromatic heterocycles. The van der Waals surface area contributed by atoms with Gasteiger partial charge in [-0.05, 0) is 0 Å². The Balaban J connectivity index is 3.01. The van der Waals surface area contributed by atoms with Crippen molar-refractivity contribution in [2.24, 2.45) is 0 Å². The molecule has 0 aliphatic carbocycles. The van der Waals surface area contributed by atoms with Crippen molar-refractivity contribution < 1.29 is 18.1 Å². The lowest BCUT2D eigenvalue weighted by atomic mass is 10.5. The van der Waals surface area contributed by atoms with Crippen LogP contribution in [0.3, 0.4) is 0 Å². The largest absolute Gasteiger partial charge is 0.451 e. The first-order valence-electron chi connectivity index (χ1n) is 2.95. The van der Waals surface area contributed by atoms with Gasteiger partial charge in [-0.3, -0.25) is 10.1 Å². The predicted molar refractivity (Wildman–Crippen MR) is 33.7 cm³/mol. The molecule has 13 heavy (non-hydrogen) atoms. The molecule has 0 saturated carbocycles. The van der Waals surface area contributed by atoms with Crippen molar-refractivity contribution in [3.8, 4) is 0 Å². The summed E-state index contributed by atoms with van der Waals surface area (Å²) in [5.74, 6) is -1.39. The van der Waals surface area contributed by atoms with Gasteiger partial charge in [0.05, 0.1) is 4.92 Å². The van der Waals surface area contributed by atoms with E-state index in [1.165, 1.54) is 0 Å². The van der Waals surface area contributed by atoms with Crippen LogP contribution < -0.4 is 0 Å². The van der Waals surface area contributed by atoms with Crippen LogP contribution in [0.5, 0.6) is 0 Å². The Morgan fingerprint density at radius 3 is 2.08 bits per heavy atom. The van der Waals surface area contributed by atoms with Crippen molar-refractivity contribution in [3.63, 3.8) is 0 Å². The molecule has 0 radical (unpaired) electrons. The molecule has 0 N–H and O–H groups in total. The zero-order valence-electron chi connectivity index (χ0n) is 5.95. The summed E-state index contributed by atoms with van der Waals surface area (Å²) in [6.07, 6.45) is -3.65. The van der Waals surface area contributed by atoms with E-state index in [0.29, 0.717) is 12.4 Å². The maximum atomic E-state index is 11.8. The molecule has 0 fully saturated rings. The van der Waals surface area contributed by atoms with Gasteiger partial charge in [0.25, 0.3) is 0 Å². The minimum atomic E-state index is -4.67. The first-order valence-corrected chi connectivity index (χ1v) is 2.95. The predicted octanol–water partition coefficient (Wildman–Crippen LogP) is 1.40. The van der Waals surface area contributed by atoms with E-state index in [9.17, 15) is 23.3 Å². The highest BCUT2D eigenvalue weighted by atomic mass is 19.4. The second-order valence-electron chi connectivity index (χ2n) is 2.02. The highest BCUT2D eigenvalue weighted by Crippen LogP contribution is 2.25. The van der Waals surface area contributed by atoms with Crippen molar-refractivity contribution >= 4 is 5.69 Å². The van der Waals surface area contributed by atoms with Crippen molar-refractivity contribution in [1.82, 2.24) is 9.97 Å². The van der Waals surface area contributed by atoms with Crippen molar-refractivity contribution in [1.29, 1.82) is 0 Å². The Labute approximate surface area is 69.4 Å². The lowest BCUT2D eigenvalue weighted by molar-refractivity contribution is -0.385. The molecular formula is C5H2F3N3O2. The molecule has 0 aliphatic heterocycles. The van der Waals surface area contributed by atoms with Crippen LogP contribution in [-0.2, 0) is 6.18 Å². The fraction of sp³-hybridized carbons (Fsp3) is 0.200. The van der Waals surface area contributed by atoms with Crippen LogP contribution in [0.25, 0.3) is 0 Å². The molecule has 70 valence electrons. The van der Waals surface area contributed by atoms with Gasteiger partial charge in [-0.1, -0.05) is 0 Å². The lowest BCUT2D eigenvalue weighted by Gasteiger charge is -2.01. The standard InChI is InChI=1S/C5H2F3N3O2/c6-5(7,8)4-9-1-3(2-10-4)11(12)13/h1-2H. The highest BCUT2D eigenvalue weighted by Gasteiger charge is 2.34. The molecule has 0 aromatic carbocycles. The minimum absolute atomic E-state index is 0.510. The maximum Gasteiger partial charge on any atom is 0.451 e. The van der Waals surface area contributed by atoms with Crippen LogP contribution in [0.15, 0.2) is 12.4 Å². The zero-order chi connectivity index (χ0) is 10.1. The van der Waals surface area contributed by atoms with Gasteiger partial charge in [0.2, 0.25) is 5.82 Å². The molecule has 0 atom stereocenters. The van der Waals surface area contributed by atoms with Crippen molar-refractivity contribution in [3.05, 3.63) is 28.3 Å². The molecule has 1 aromatic rings. The Morgan fingerprint density at radius 2 is 1.77 bits per heavy atom. The zero-order valence-corrected chi connectivity index (χ0v) is 5.95. The second kappa shape index (κ2) is 2.96. The summed E-state index contributed by atoms with van der Waals surface area (Å²) in [6, 6.07) is 0. The number of hydrogen-bond acceptors (Lipinski definition) is 4. The van der Waals surface area contributed by atoms with Gasteiger partial charge >= 0.3 is 11.9 Å². The number of nitro groups is 1. The van der Waals surface area contributed by atoms with Crippen LogP contribution >= 0.6 is 0 Å². The van der Waals surface area contributed by atoms with Crippen molar-refractivity contribution in [2.75, 3.05) is 0 Å². The Morgan fingerprint density at radius 1 is 1.31 bits per heavy atom. The molecular weight excluding hydrogens is 191 g/mol. The summed E-state index contributed by atoms with van der Waals surface area (Å²) in [5.41, 5.74) is -0.576. The lowest BCUT2D eigenvalue weighted by Crippen LogP contribution is -2.10. The van der Waals surface area contributed by atoms with E-state index in [-0.39, 0.29) is 0 Å². The number of rotatable bonds is 1. The van der Waals surface area contributed by atoms with Gasteiger partial charge in [0.1, 0.15) is 12.4 Å². The third-order valence-corrected chi connectivity index (χ3v) is 1.10. The first-order chi connectivity index (χ1) is 5.91. The molecule has 0 spiro atoms. The summed E-state index contributed by atoms with van der Waals surface area (Å²) in [7, 11) is 0. The van der Waals surface area contributed by atoms with Gasteiger partial charge in [0.15, 0.2) is 0 Å². The van der Waals surface area contributed by atoms with Crippen LogP contribution in [0.1, 0.15) is 5.82 Å². The quantitative estimate of drug-likeness (QED) is 0.499. The van der Waals surface area contributed by atoms with Gasteiger partial charge in [-0.25, -0.2) is 9.97 Å². The second-order valence-corrected chi connectivity index (χ2v) is 2.02. The van der Waals surface area contributed by atoms with E-state index in [1.54, 1.807) is 0 Å². The van der Waals surface area contributed by atoms with E-state index in [1.807, 2.05) is 0 Å². The smallest absolute Gasteiger partial charge is 0.258 e. The fourth-order valence-corrected chi connectivity index (χ4v) is 0.562. The van der Waals surface area contributed by atoms with Crippen LogP contribution in [0.4, 0.5) is 18.9 Å². The molecule has 0 bridgehead atoms. The van der Waals surface area contributed by atoms with Crippen LogP contribution in [-0.4, -0.2) is 14.9 Å². The summed E-state index contributed by atoms with van der Waals surface area (Å²) in [5, 5.41) is 10.0. The summed E-state index contributed by atoms with van der Waals surface area (Å²) in [4.78, 5) is 14.7. The normalized spacial score (nSPS) is 11.3. The summed E-state index contributed by atoms with van der Waals surface area (Å²) >= 11 is 0. The number of aromatic nitrogens is 2. The summed E-state index contributed by atoms with van der Waals surface area (Å²) < 4.78 is 35.5. The number of hydrogen-bond donors (Lipinski definition) is 0. The average Bonchev–Trinajstić information content (AvgIpc) is 2.03. The highest BCUT2D eigenvalue weighted by molar-refractivity contribution is 5.21. The third-order valence-electron chi connectivity index (χ3n) is 1.10. The van der Waals surface area contributed by atoms with Crippen LogP contribution in [0.2, 0.25) is 0 Å². The first kappa shape index (κ1) is 9.36. The fourth-order valence-electron chi connectivity index (χ4n) is 0.562. The van der Waals surface area contributed by atoms with Gasteiger partial charge in [-0.15, -0.1) is 0 Å². The SMILES string of the molecule is O=[N+]([O-])c1cnc(C(F)(F)F)nc1. The Kier molecular flexibility index (Phi) is 2.13. The number of nitrogens with zero attached hydrogens (tertiary/aromatic N) is 3. The molecule has 0 amide bonds. The molecule has 1 heterocycles. The molecule has 8 heteroatoms. The van der Waals surface area contributed by atoms with Crippen LogP contribution in [0, 0.1) is 10.1 Å². The van der Waals surface area contributed by atoms with E-state index >= 15 is 0 Å². The molecule has 1 rings (SSSR count). The van der Waals surface area contributed by atoms with Crippen molar-refractivity contribution in [2.45, 2.75) is 6.18 Å². The van der Waals surface area contributed by atoms with E-state index in [0.717, 1.165) is 0 Å². The molecule has 5 nitrogen and oxygen atoms in total. The number of halogens is 3. The molecule has 0 unspecified atom stereocenters. The molecule has 0 saturated heterocycles. The maximum absolute atomic E-state index is 11.8. The minimum Gasteiger partial charge on any atom is -0.258 e. The van der Waals surface area contributed by atoms with E-state index < -0.39 is 22.6 Å². The summed E-state index contributed by atoms with van der Waals surface area (Å²) in [6.45, 7) is 0. The van der Waals surface area contributed by atoms with E-state index in [2.05, 4.69) is 9.97 Å². The monoisotopic (exact) mass is 193 g/mol. The Hall–Kier alpha value is -1.73. The molecule has 0 aliphatic rings. The van der Waals surface area contributed by atoms with Gasteiger partial charge in [-0.2, -0.15) is 13.2 Å².